The Balaban J connectivity index is 1.15. The molecule has 6 rings (SSSR count). The molecule has 2 aromatic carbocycles. The van der Waals surface area contributed by atoms with Gasteiger partial charge in [-0.25, -0.2) is 9.18 Å². The highest BCUT2D eigenvalue weighted by atomic mass is 19.4. The van der Waals surface area contributed by atoms with Crippen molar-refractivity contribution in [1.29, 1.82) is 0 Å². The molecule has 7 nitrogen and oxygen atoms in total. The Morgan fingerprint density at radius 3 is 2.19 bits per heavy atom. The lowest BCUT2D eigenvalue weighted by molar-refractivity contribution is -0.137. The summed E-state index contributed by atoms with van der Waals surface area (Å²) in [5, 5.41) is 3.17. The Morgan fingerprint density at radius 2 is 1.56 bits per heavy atom. The standard InChI is InChI=1S/C32H40F4N4O3/c33-29-19-28(7-8-30(29)38-11-15-43-16-12-38)40(31(41)37-25-9-13-42-14-10-25)21-23-17-26-5-6-27(18-23)39(26)20-22-1-3-24(4-2-22)32(34,35)36/h1-4,7-8,19,23,25-27H,5-6,9-18,20-21H2,(H,37,41). The number of benzene rings is 2. The summed E-state index contributed by atoms with van der Waals surface area (Å²) in [5.41, 5.74) is 1.30. The largest absolute Gasteiger partial charge is 0.416 e. The second kappa shape index (κ2) is 13.0. The van der Waals surface area contributed by atoms with Crippen LogP contribution in [0.3, 0.4) is 0 Å². The van der Waals surface area contributed by atoms with Crippen LogP contribution in [0.2, 0.25) is 0 Å². The van der Waals surface area contributed by atoms with Crippen LogP contribution in [0.25, 0.3) is 0 Å². The smallest absolute Gasteiger partial charge is 0.381 e. The van der Waals surface area contributed by atoms with Gasteiger partial charge in [0.05, 0.1) is 24.5 Å². The number of halogens is 4. The normalized spacial score (nSPS) is 25.1. The van der Waals surface area contributed by atoms with E-state index in [9.17, 15) is 18.0 Å². The Bertz CT molecular complexity index is 1230. The minimum atomic E-state index is -4.34. The topological polar surface area (TPSA) is 57.3 Å². The number of urea groups is 1. The summed E-state index contributed by atoms with van der Waals surface area (Å²) in [6.45, 7) is 4.66. The predicted octanol–water partition coefficient (Wildman–Crippen LogP) is 5.82. The zero-order valence-corrected chi connectivity index (χ0v) is 24.3. The van der Waals surface area contributed by atoms with Crippen LogP contribution in [0.4, 0.5) is 33.7 Å². The molecule has 0 aliphatic carbocycles. The summed E-state index contributed by atoms with van der Waals surface area (Å²) in [7, 11) is 0. The van der Waals surface area contributed by atoms with Gasteiger partial charge in [0.15, 0.2) is 0 Å². The number of anilines is 2. The summed E-state index contributed by atoms with van der Waals surface area (Å²) >= 11 is 0. The van der Waals surface area contributed by atoms with Gasteiger partial charge < -0.3 is 19.7 Å². The van der Waals surface area contributed by atoms with Crippen molar-refractivity contribution in [1.82, 2.24) is 10.2 Å². The van der Waals surface area contributed by atoms with Crippen molar-refractivity contribution in [3.63, 3.8) is 0 Å². The monoisotopic (exact) mass is 604 g/mol. The summed E-state index contributed by atoms with van der Waals surface area (Å²) in [4.78, 5) is 19.8. The third-order valence-corrected chi connectivity index (χ3v) is 9.46. The second-order valence-electron chi connectivity index (χ2n) is 12.3. The van der Waals surface area contributed by atoms with Crippen molar-refractivity contribution in [2.45, 2.75) is 69.4 Å². The van der Waals surface area contributed by atoms with Crippen molar-refractivity contribution in [3.8, 4) is 0 Å². The molecule has 4 fully saturated rings. The highest BCUT2D eigenvalue weighted by molar-refractivity contribution is 5.92. The van der Waals surface area contributed by atoms with Crippen LogP contribution in [-0.2, 0) is 22.2 Å². The van der Waals surface area contributed by atoms with E-state index in [1.165, 1.54) is 6.07 Å². The maximum Gasteiger partial charge on any atom is 0.416 e. The van der Waals surface area contributed by atoms with Gasteiger partial charge in [0.25, 0.3) is 0 Å². The molecule has 234 valence electrons. The van der Waals surface area contributed by atoms with E-state index in [1.54, 1.807) is 23.1 Å². The molecule has 4 heterocycles. The molecule has 2 atom stereocenters. The SMILES string of the molecule is O=C(NC1CCOCC1)N(CC1CC2CCC(C1)N2Cc1ccc(C(F)(F)F)cc1)c1ccc(N2CCOCC2)c(F)c1. The molecule has 11 heteroatoms. The maximum atomic E-state index is 15.5. The zero-order valence-electron chi connectivity index (χ0n) is 24.3. The van der Waals surface area contributed by atoms with Crippen LogP contribution in [0.15, 0.2) is 42.5 Å². The number of morpholine rings is 1. The van der Waals surface area contributed by atoms with Gasteiger partial charge in [-0.2, -0.15) is 13.2 Å². The van der Waals surface area contributed by atoms with Crippen LogP contribution in [0.5, 0.6) is 0 Å². The number of carbonyl (C=O) groups excluding carboxylic acids is 1. The molecule has 4 saturated heterocycles. The Kier molecular flexibility index (Phi) is 9.11. The molecule has 0 aromatic heterocycles. The number of fused-ring (bicyclic) bond motifs is 2. The lowest BCUT2D eigenvalue weighted by Gasteiger charge is -2.41. The highest BCUT2D eigenvalue weighted by Gasteiger charge is 2.41. The molecule has 2 bridgehead atoms. The molecule has 2 amide bonds. The van der Waals surface area contributed by atoms with Gasteiger partial charge in [0.1, 0.15) is 5.82 Å². The van der Waals surface area contributed by atoms with Gasteiger partial charge in [-0.1, -0.05) is 12.1 Å². The molecular formula is C32H40F4N4O3. The number of rotatable bonds is 7. The van der Waals surface area contributed by atoms with Gasteiger partial charge in [-0.3, -0.25) is 9.80 Å². The average Bonchev–Trinajstić information content (AvgIpc) is 3.22. The van der Waals surface area contributed by atoms with Gasteiger partial charge in [0, 0.05) is 63.2 Å². The second-order valence-corrected chi connectivity index (χ2v) is 12.3. The third-order valence-electron chi connectivity index (χ3n) is 9.46. The van der Waals surface area contributed by atoms with Crippen molar-refractivity contribution < 1.29 is 31.8 Å². The quantitative estimate of drug-likeness (QED) is 0.404. The molecule has 4 aliphatic rings. The van der Waals surface area contributed by atoms with Crippen molar-refractivity contribution in [2.24, 2.45) is 5.92 Å². The number of alkyl halides is 3. The first-order valence-corrected chi connectivity index (χ1v) is 15.4. The molecule has 0 spiro atoms. The van der Waals surface area contributed by atoms with E-state index in [0.717, 1.165) is 56.2 Å². The summed E-state index contributed by atoms with van der Waals surface area (Å²) in [6.07, 6.45) is 0.967. The molecular weight excluding hydrogens is 564 g/mol. The summed E-state index contributed by atoms with van der Waals surface area (Å²) in [5.74, 6) is -0.126. The maximum absolute atomic E-state index is 15.5. The average molecular weight is 605 g/mol. The Hall–Kier alpha value is -2.89. The molecule has 4 aliphatic heterocycles. The van der Waals surface area contributed by atoms with Crippen molar-refractivity contribution >= 4 is 17.4 Å². The first-order chi connectivity index (χ1) is 20.7. The number of hydrogen-bond acceptors (Lipinski definition) is 5. The van der Waals surface area contributed by atoms with Gasteiger partial charge in [-0.05, 0) is 80.3 Å². The molecule has 1 N–H and O–H groups in total. The van der Waals surface area contributed by atoms with Crippen LogP contribution < -0.4 is 15.1 Å². The molecule has 43 heavy (non-hydrogen) atoms. The van der Waals surface area contributed by atoms with Gasteiger partial charge >= 0.3 is 12.2 Å². The van der Waals surface area contributed by atoms with Crippen LogP contribution in [-0.4, -0.2) is 75.1 Å². The van der Waals surface area contributed by atoms with Crippen molar-refractivity contribution in [3.05, 3.63) is 59.4 Å². The minimum absolute atomic E-state index is 0.0167. The van der Waals surface area contributed by atoms with E-state index in [1.807, 2.05) is 11.0 Å². The van der Waals surface area contributed by atoms with E-state index in [2.05, 4.69) is 10.2 Å². The van der Waals surface area contributed by atoms with Gasteiger partial charge in [-0.15, -0.1) is 0 Å². The number of amides is 2. The van der Waals surface area contributed by atoms with Crippen LogP contribution in [0, 0.1) is 11.7 Å². The Morgan fingerprint density at radius 1 is 0.907 bits per heavy atom. The fraction of sp³-hybridized carbons (Fsp3) is 0.594. The Labute approximate surface area is 250 Å². The minimum Gasteiger partial charge on any atom is -0.381 e. The summed E-state index contributed by atoms with van der Waals surface area (Å²) in [6, 6.07) is 10.9. The lowest BCUT2D eigenvalue weighted by Crippen LogP contribution is -2.50. The number of piperidine rings is 1. The van der Waals surface area contributed by atoms with Crippen LogP contribution >= 0.6 is 0 Å². The van der Waals surface area contributed by atoms with Gasteiger partial charge in [0.2, 0.25) is 0 Å². The molecule has 0 saturated carbocycles. The van der Waals surface area contributed by atoms with E-state index in [0.29, 0.717) is 76.1 Å². The van der Waals surface area contributed by atoms with E-state index < -0.39 is 11.7 Å². The van der Waals surface area contributed by atoms with E-state index >= 15 is 4.39 Å². The van der Waals surface area contributed by atoms with Crippen LogP contribution in [0.1, 0.15) is 49.7 Å². The molecule has 2 unspecified atom stereocenters. The molecule has 2 aromatic rings. The number of hydrogen-bond donors (Lipinski definition) is 1. The molecule has 0 radical (unpaired) electrons. The summed E-state index contributed by atoms with van der Waals surface area (Å²) < 4.78 is 65.4. The fourth-order valence-corrected chi connectivity index (χ4v) is 7.19. The number of carbonyl (C=O) groups is 1. The van der Waals surface area contributed by atoms with Crippen molar-refractivity contribution in [2.75, 3.05) is 55.9 Å². The number of nitrogens with zero attached hydrogens (tertiary/aromatic N) is 3. The third kappa shape index (κ3) is 7.10. The highest BCUT2D eigenvalue weighted by Crippen LogP contribution is 2.41. The number of ether oxygens (including phenoxy) is 2. The van der Waals surface area contributed by atoms with E-state index in [-0.39, 0.29) is 23.8 Å². The lowest BCUT2D eigenvalue weighted by atomic mass is 9.89. The first kappa shape index (κ1) is 30.1. The fourth-order valence-electron chi connectivity index (χ4n) is 7.19. The first-order valence-electron chi connectivity index (χ1n) is 15.4. The van der Waals surface area contributed by atoms with E-state index in [4.69, 9.17) is 9.47 Å². The predicted molar refractivity (Wildman–Crippen MR) is 156 cm³/mol. The number of nitrogens with one attached hydrogen (secondary N) is 1. The zero-order chi connectivity index (χ0) is 30.0.